The van der Waals surface area contributed by atoms with E-state index in [1.54, 1.807) is 19.3 Å². The zero-order valence-electron chi connectivity index (χ0n) is 13.6. The number of hydrogen-bond donors (Lipinski definition) is 0. The molecule has 1 fully saturated rings. The average Bonchev–Trinajstić information content (AvgIpc) is 3.08. The van der Waals surface area contributed by atoms with Gasteiger partial charge < -0.3 is 9.64 Å². The molecule has 1 aliphatic heterocycles. The van der Waals surface area contributed by atoms with Crippen LogP contribution in [0.2, 0.25) is 0 Å². The normalized spacial score (nSPS) is 15.0. The topological polar surface area (TPSA) is 47.4 Å². The van der Waals surface area contributed by atoms with Crippen LogP contribution in [0.25, 0.3) is 11.1 Å². The average molecular weight is 313 g/mol. The van der Waals surface area contributed by atoms with Gasteiger partial charge in [0.15, 0.2) is 0 Å². The molecule has 0 unspecified atom stereocenters. The number of hydrogen-bond acceptors (Lipinski definition) is 4. The Labute approximate surface area is 136 Å². The van der Waals surface area contributed by atoms with E-state index in [1.165, 1.54) is 30.6 Å². The molecule has 23 heavy (non-hydrogen) atoms. The van der Waals surface area contributed by atoms with Crippen LogP contribution < -0.4 is 10.3 Å². The highest BCUT2D eigenvalue weighted by molar-refractivity contribution is 5.62. The fraction of sp³-hybridized carbons (Fsp3) is 0.444. The number of aromatic nitrogens is 2. The SMILES string of the molecule is Cn1ncc(-c2ccc(OCCCN3CCCC3)cc2)cc1=O. The lowest BCUT2D eigenvalue weighted by molar-refractivity contribution is 0.263. The molecule has 1 aromatic heterocycles. The maximum absolute atomic E-state index is 11.6. The number of rotatable bonds is 6. The second kappa shape index (κ2) is 7.42. The van der Waals surface area contributed by atoms with Gasteiger partial charge >= 0.3 is 0 Å². The van der Waals surface area contributed by atoms with Crippen LogP contribution in [-0.2, 0) is 7.05 Å². The van der Waals surface area contributed by atoms with E-state index >= 15 is 0 Å². The van der Waals surface area contributed by atoms with Crippen LogP contribution in [0.15, 0.2) is 41.3 Å². The monoisotopic (exact) mass is 313 g/mol. The smallest absolute Gasteiger partial charge is 0.267 e. The molecule has 5 heteroatoms. The molecule has 122 valence electrons. The minimum atomic E-state index is -0.107. The van der Waals surface area contributed by atoms with Gasteiger partial charge in [0.2, 0.25) is 0 Å². The number of ether oxygens (including phenoxy) is 1. The van der Waals surface area contributed by atoms with Crippen molar-refractivity contribution in [3.63, 3.8) is 0 Å². The fourth-order valence-corrected chi connectivity index (χ4v) is 2.86. The molecule has 2 aromatic rings. The Morgan fingerprint density at radius 3 is 2.57 bits per heavy atom. The Morgan fingerprint density at radius 2 is 1.87 bits per heavy atom. The lowest BCUT2D eigenvalue weighted by Gasteiger charge is -2.14. The second-order valence-electron chi connectivity index (χ2n) is 5.98. The van der Waals surface area contributed by atoms with E-state index in [-0.39, 0.29) is 5.56 Å². The van der Waals surface area contributed by atoms with Crippen LogP contribution in [0.4, 0.5) is 0 Å². The third-order valence-corrected chi connectivity index (χ3v) is 4.24. The van der Waals surface area contributed by atoms with Crippen molar-refractivity contribution in [2.75, 3.05) is 26.2 Å². The summed E-state index contributed by atoms with van der Waals surface area (Å²) in [4.78, 5) is 14.1. The maximum Gasteiger partial charge on any atom is 0.267 e. The molecule has 0 amide bonds. The summed E-state index contributed by atoms with van der Waals surface area (Å²) in [6.07, 6.45) is 5.42. The standard InChI is InChI=1S/C18H23N3O2/c1-20-18(22)13-16(14-19-20)15-5-7-17(8-6-15)23-12-4-11-21-9-2-3-10-21/h5-8,13-14H,2-4,9-12H2,1H3. The van der Waals surface area contributed by atoms with Gasteiger partial charge in [0, 0.05) is 25.2 Å². The minimum Gasteiger partial charge on any atom is -0.494 e. The summed E-state index contributed by atoms with van der Waals surface area (Å²) in [6, 6.07) is 9.42. The van der Waals surface area contributed by atoms with E-state index < -0.39 is 0 Å². The Hall–Kier alpha value is -2.14. The summed E-state index contributed by atoms with van der Waals surface area (Å²) in [5.41, 5.74) is 1.69. The predicted molar refractivity (Wildman–Crippen MR) is 90.7 cm³/mol. The molecule has 0 spiro atoms. The highest BCUT2D eigenvalue weighted by Crippen LogP contribution is 2.20. The van der Waals surface area contributed by atoms with Gasteiger partial charge in [-0.2, -0.15) is 5.10 Å². The molecule has 0 N–H and O–H groups in total. The number of nitrogens with zero attached hydrogens (tertiary/aromatic N) is 3. The van der Waals surface area contributed by atoms with E-state index in [2.05, 4.69) is 10.00 Å². The zero-order chi connectivity index (χ0) is 16.1. The van der Waals surface area contributed by atoms with E-state index in [9.17, 15) is 4.79 Å². The lowest BCUT2D eigenvalue weighted by atomic mass is 10.1. The number of benzene rings is 1. The first-order valence-corrected chi connectivity index (χ1v) is 8.21. The first-order valence-electron chi connectivity index (χ1n) is 8.21. The van der Waals surface area contributed by atoms with Crippen molar-refractivity contribution in [3.8, 4) is 16.9 Å². The Morgan fingerprint density at radius 1 is 1.13 bits per heavy atom. The highest BCUT2D eigenvalue weighted by atomic mass is 16.5. The van der Waals surface area contributed by atoms with Gasteiger partial charge in [0.1, 0.15) is 5.75 Å². The molecule has 2 heterocycles. The quantitative estimate of drug-likeness (QED) is 0.768. The Bertz CT molecular complexity index is 688. The van der Waals surface area contributed by atoms with Crippen LogP contribution in [0.5, 0.6) is 5.75 Å². The Balaban J connectivity index is 1.52. The van der Waals surface area contributed by atoms with Gasteiger partial charge in [0.05, 0.1) is 12.8 Å². The maximum atomic E-state index is 11.6. The second-order valence-corrected chi connectivity index (χ2v) is 5.98. The summed E-state index contributed by atoms with van der Waals surface area (Å²) >= 11 is 0. The van der Waals surface area contributed by atoms with Crippen LogP contribution >= 0.6 is 0 Å². The van der Waals surface area contributed by atoms with E-state index in [0.717, 1.165) is 36.4 Å². The molecule has 1 aliphatic rings. The number of likely N-dealkylation sites (tertiary alicyclic amines) is 1. The van der Waals surface area contributed by atoms with Crippen molar-refractivity contribution in [3.05, 3.63) is 46.9 Å². The molecule has 5 nitrogen and oxygen atoms in total. The first-order chi connectivity index (χ1) is 11.2. The van der Waals surface area contributed by atoms with Crippen molar-refractivity contribution >= 4 is 0 Å². The van der Waals surface area contributed by atoms with Crippen molar-refractivity contribution in [1.29, 1.82) is 0 Å². The minimum absolute atomic E-state index is 0.107. The molecule has 1 aromatic carbocycles. The molecule has 0 bridgehead atoms. The molecule has 0 radical (unpaired) electrons. The molecule has 1 saturated heterocycles. The Kier molecular flexibility index (Phi) is 5.08. The molecule has 0 aliphatic carbocycles. The van der Waals surface area contributed by atoms with E-state index in [4.69, 9.17) is 4.74 Å². The van der Waals surface area contributed by atoms with E-state index in [1.807, 2.05) is 24.3 Å². The van der Waals surface area contributed by atoms with Crippen LogP contribution in [-0.4, -0.2) is 40.9 Å². The number of aryl methyl sites for hydroxylation is 1. The van der Waals surface area contributed by atoms with Gasteiger partial charge in [-0.05, 0) is 50.0 Å². The zero-order valence-corrected chi connectivity index (χ0v) is 13.6. The van der Waals surface area contributed by atoms with Gasteiger partial charge in [0.25, 0.3) is 5.56 Å². The van der Waals surface area contributed by atoms with Crippen molar-refractivity contribution in [1.82, 2.24) is 14.7 Å². The summed E-state index contributed by atoms with van der Waals surface area (Å²) in [5, 5.41) is 4.04. The largest absolute Gasteiger partial charge is 0.494 e. The molecule has 0 atom stereocenters. The highest BCUT2D eigenvalue weighted by Gasteiger charge is 2.10. The van der Waals surface area contributed by atoms with Crippen LogP contribution in [0.1, 0.15) is 19.3 Å². The molecular formula is C18H23N3O2. The first kappa shape index (κ1) is 15.7. The fourth-order valence-electron chi connectivity index (χ4n) is 2.86. The third-order valence-electron chi connectivity index (χ3n) is 4.24. The van der Waals surface area contributed by atoms with E-state index in [0.29, 0.717) is 0 Å². The van der Waals surface area contributed by atoms with Gasteiger partial charge in [-0.3, -0.25) is 4.79 Å². The predicted octanol–water partition coefficient (Wildman–Crippen LogP) is 2.31. The molecule has 0 saturated carbocycles. The van der Waals surface area contributed by atoms with Crippen molar-refractivity contribution in [2.45, 2.75) is 19.3 Å². The summed E-state index contributed by atoms with van der Waals surface area (Å²) < 4.78 is 7.11. The van der Waals surface area contributed by atoms with Gasteiger partial charge in [-0.15, -0.1) is 0 Å². The van der Waals surface area contributed by atoms with Crippen molar-refractivity contribution in [2.24, 2.45) is 7.05 Å². The summed E-state index contributed by atoms with van der Waals surface area (Å²) in [7, 11) is 1.64. The lowest BCUT2D eigenvalue weighted by Crippen LogP contribution is -2.21. The molecule has 3 rings (SSSR count). The molecular weight excluding hydrogens is 290 g/mol. The van der Waals surface area contributed by atoms with Crippen LogP contribution in [0, 0.1) is 0 Å². The third kappa shape index (κ3) is 4.20. The summed E-state index contributed by atoms with van der Waals surface area (Å²) in [6.45, 7) is 4.33. The van der Waals surface area contributed by atoms with Crippen molar-refractivity contribution < 1.29 is 4.74 Å². The summed E-state index contributed by atoms with van der Waals surface area (Å²) in [5.74, 6) is 0.868. The van der Waals surface area contributed by atoms with Gasteiger partial charge in [-0.1, -0.05) is 12.1 Å². The van der Waals surface area contributed by atoms with Gasteiger partial charge in [-0.25, -0.2) is 4.68 Å². The van der Waals surface area contributed by atoms with Crippen LogP contribution in [0.3, 0.4) is 0 Å².